The molecule has 0 saturated carbocycles. The monoisotopic (exact) mass is 512 g/mol. The van der Waals surface area contributed by atoms with E-state index < -0.39 is 18.2 Å². The fourth-order valence-corrected chi connectivity index (χ4v) is 3.64. The van der Waals surface area contributed by atoms with Gasteiger partial charge in [-0.1, -0.05) is 36.4 Å². The molecule has 2 atom stereocenters. The number of nitrogens with zero attached hydrogens (tertiary/aromatic N) is 1. The molecule has 0 bridgehead atoms. The van der Waals surface area contributed by atoms with Crippen molar-refractivity contribution in [3.05, 3.63) is 66.0 Å². The lowest BCUT2D eigenvalue weighted by molar-refractivity contribution is -0.192. The molecule has 1 heterocycles. The number of anilines is 1. The maximum atomic E-state index is 13.8. The Hall–Kier alpha value is -3.67. The molecular weight excluding hydrogens is 484 g/mol. The second kappa shape index (κ2) is 13.4. The second-order valence-electron chi connectivity index (χ2n) is 8.15. The lowest BCUT2D eigenvalue weighted by atomic mass is 10.0. The molecule has 1 saturated heterocycles. The summed E-state index contributed by atoms with van der Waals surface area (Å²) in [4.78, 5) is 35.5. The van der Waals surface area contributed by atoms with E-state index >= 15 is 0 Å². The summed E-state index contributed by atoms with van der Waals surface area (Å²) < 4.78 is 45.5. The third kappa shape index (κ3) is 9.53. The number of likely N-dealkylation sites (tertiary alicyclic amines) is 1. The lowest BCUT2D eigenvalue weighted by Crippen LogP contribution is -2.45. The summed E-state index contributed by atoms with van der Waals surface area (Å²) in [6.07, 6.45) is -2.89. The van der Waals surface area contributed by atoms with Gasteiger partial charge in [0, 0.05) is 37.3 Å². The number of para-hydroxylation sites is 1. The van der Waals surface area contributed by atoms with Gasteiger partial charge in [-0.2, -0.15) is 13.2 Å². The number of halogens is 4. The Balaban J connectivity index is 0.000000572. The quantitative estimate of drug-likeness (QED) is 0.423. The SMILES string of the molecule is N[C@@H](CC(=O)N1CCC[C@H]1CNC(=O)Nc1ccccc1)Cc1ccccc1F.O=C(O)C(F)(F)F. The van der Waals surface area contributed by atoms with Crippen LogP contribution in [0.3, 0.4) is 0 Å². The van der Waals surface area contributed by atoms with Crippen molar-refractivity contribution in [2.75, 3.05) is 18.4 Å². The van der Waals surface area contributed by atoms with Crippen LogP contribution in [0.4, 0.5) is 28.0 Å². The van der Waals surface area contributed by atoms with Crippen molar-refractivity contribution in [2.24, 2.45) is 5.73 Å². The standard InChI is InChI=1S/C22H27FN4O2.C2HF3O2/c23-20-11-5-4-7-16(20)13-17(24)14-21(28)27-12-6-10-19(27)15-25-22(29)26-18-8-2-1-3-9-18;3-2(4,5)1(6)7/h1-5,7-9,11,17,19H,6,10,12-15,24H2,(H2,25,26,29);(H,6,7)/t17-,19+;/m1./s1. The molecule has 3 amide bonds. The minimum atomic E-state index is -5.08. The molecule has 5 N–H and O–H groups in total. The number of nitrogens with two attached hydrogens (primary N) is 1. The number of amides is 3. The maximum Gasteiger partial charge on any atom is 0.490 e. The molecule has 1 fully saturated rings. The van der Waals surface area contributed by atoms with Crippen LogP contribution in [0.15, 0.2) is 54.6 Å². The molecule has 0 aliphatic carbocycles. The summed E-state index contributed by atoms with van der Waals surface area (Å²) in [5.41, 5.74) is 7.33. The average Bonchev–Trinajstić information content (AvgIpc) is 3.28. The third-order valence-corrected chi connectivity index (χ3v) is 5.35. The molecule has 36 heavy (non-hydrogen) atoms. The molecule has 2 aromatic rings. The molecule has 0 spiro atoms. The van der Waals surface area contributed by atoms with Gasteiger partial charge in [-0.25, -0.2) is 14.0 Å². The zero-order chi connectivity index (χ0) is 26.7. The Bertz CT molecular complexity index is 1020. The second-order valence-corrected chi connectivity index (χ2v) is 8.15. The number of carboxylic acid groups (broad SMARTS) is 1. The first-order chi connectivity index (χ1) is 17.0. The van der Waals surface area contributed by atoms with E-state index in [4.69, 9.17) is 15.6 Å². The van der Waals surface area contributed by atoms with Gasteiger partial charge in [0.1, 0.15) is 5.82 Å². The van der Waals surface area contributed by atoms with Crippen molar-refractivity contribution in [3.8, 4) is 0 Å². The van der Waals surface area contributed by atoms with E-state index in [2.05, 4.69) is 10.6 Å². The number of hydrogen-bond acceptors (Lipinski definition) is 4. The minimum Gasteiger partial charge on any atom is -0.475 e. The fourth-order valence-electron chi connectivity index (χ4n) is 3.64. The number of carbonyl (C=O) groups is 3. The molecule has 0 radical (unpaired) electrons. The molecule has 8 nitrogen and oxygen atoms in total. The zero-order valence-electron chi connectivity index (χ0n) is 19.3. The van der Waals surface area contributed by atoms with Crippen LogP contribution in [0.2, 0.25) is 0 Å². The number of nitrogens with one attached hydrogen (secondary N) is 2. The van der Waals surface area contributed by atoms with E-state index in [1.807, 2.05) is 30.3 Å². The number of aliphatic carboxylic acids is 1. The highest BCUT2D eigenvalue weighted by Crippen LogP contribution is 2.19. The van der Waals surface area contributed by atoms with Crippen LogP contribution in [0.5, 0.6) is 0 Å². The number of carbonyl (C=O) groups excluding carboxylic acids is 2. The van der Waals surface area contributed by atoms with Crippen molar-refractivity contribution >= 4 is 23.6 Å². The van der Waals surface area contributed by atoms with Crippen molar-refractivity contribution in [1.82, 2.24) is 10.2 Å². The maximum absolute atomic E-state index is 13.8. The molecule has 0 unspecified atom stereocenters. The largest absolute Gasteiger partial charge is 0.490 e. The van der Waals surface area contributed by atoms with Crippen LogP contribution in [0, 0.1) is 5.82 Å². The van der Waals surface area contributed by atoms with Gasteiger partial charge in [0.05, 0.1) is 0 Å². The Morgan fingerprint density at radius 3 is 2.31 bits per heavy atom. The van der Waals surface area contributed by atoms with Crippen molar-refractivity contribution in [1.29, 1.82) is 0 Å². The molecule has 2 aromatic carbocycles. The van der Waals surface area contributed by atoms with Gasteiger partial charge in [-0.3, -0.25) is 4.79 Å². The van der Waals surface area contributed by atoms with Crippen molar-refractivity contribution in [3.63, 3.8) is 0 Å². The van der Waals surface area contributed by atoms with Crippen LogP contribution >= 0.6 is 0 Å². The number of urea groups is 1. The minimum absolute atomic E-state index is 0.0512. The predicted molar refractivity (Wildman–Crippen MR) is 125 cm³/mol. The number of rotatable bonds is 7. The van der Waals surface area contributed by atoms with Gasteiger partial charge in [0.2, 0.25) is 5.91 Å². The first kappa shape index (κ1) is 28.6. The summed E-state index contributed by atoms with van der Waals surface area (Å²) >= 11 is 0. The molecule has 1 aliphatic rings. The average molecular weight is 513 g/mol. The van der Waals surface area contributed by atoms with E-state index in [-0.39, 0.29) is 30.2 Å². The lowest BCUT2D eigenvalue weighted by Gasteiger charge is -2.26. The Morgan fingerprint density at radius 2 is 1.69 bits per heavy atom. The highest BCUT2D eigenvalue weighted by Gasteiger charge is 2.38. The van der Waals surface area contributed by atoms with Gasteiger partial charge in [-0.05, 0) is 43.0 Å². The number of benzene rings is 2. The molecule has 0 aromatic heterocycles. The van der Waals surface area contributed by atoms with Gasteiger partial charge in [0.15, 0.2) is 0 Å². The van der Waals surface area contributed by atoms with Crippen LogP contribution in [0.1, 0.15) is 24.8 Å². The van der Waals surface area contributed by atoms with Crippen LogP contribution in [-0.4, -0.2) is 59.3 Å². The summed E-state index contributed by atoms with van der Waals surface area (Å²) in [5.74, 6) is -3.11. The summed E-state index contributed by atoms with van der Waals surface area (Å²) in [6.45, 7) is 1.03. The Labute approximate surface area is 205 Å². The van der Waals surface area contributed by atoms with Crippen molar-refractivity contribution in [2.45, 2.75) is 43.9 Å². The number of carboxylic acids is 1. The topological polar surface area (TPSA) is 125 Å². The highest BCUT2D eigenvalue weighted by atomic mass is 19.4. The summed E-state index contributed by atoms with van der Waals surface area (Å²) in [6, 6.07) is 14.9. The molecule has 12 heteroatoms. The van der Waals surface area contributed by atoms with E-state index in [9.17, 15) is 27.2 Å². The summed E-state index contributed by atoms with van der Waals surface area (Å²) in [7, 11) is 0. The first-order valence-corrected chi connectivity index (χ1v) is 11.2. The molecule has 3 rings (SSSR count). The van der Waals surface area contributed by atoms with Gasteiger partial charge in [0.25, 0.3) is 0 Å². The van der Waals surface area contributed by atoms with E-state index in [1.165, 1.54) is 6.07 Å². The van der Waals surface area contributed by atoms with Crippen molar-refractivity contribution < 1.29 is 37.1 Å². The number of alkyl halides is 3. The van der Waals surface area contributed by atoms with Crippen LogP contribution in [0.25, 0.3) is 0 Å². The third-order valence-electron chi connectivity index (χ3n) is 5.35. The normalized spacial score (nSPS) is 15.9. The van der Waals surface area contributed by atoms with Crippen LogP contribution in [-0.2, 0) is 16.0 Å². The Morgan fingerprint density at radius 1 is 1.08 bits per heavy atom. The van der Waals surface area contributed by atoms with E-state index in [1.54, 1.807) is 23.1 Å². The smallest absolute Gasteiger partial charge is 0.475 e. The van der Waals surface area contributed by atoms with Gasteiger partial charge < -0.3 is 26.4 Å². The molecule has 196 valence electrons. The highest BCUT2D eigenvalue weighted by molar-refractivity contribution is 5.89. The van der Waals surface area contributed by atoms with E-state index in [0.29, 0.717) is 30.8 Å². The van der Waals surface area contributed by atoms with Crippen LogP contribution < -0.4 is 16.4 Å². The summed E-state index contributed by atoms with van der Waals surface area (Å²) in [5, 5.41) is 12.7. The molecular formula is C24H28F4N4O4. The van der Waals surface area contributed by atoms with Gasteiger partial charge >= 0.3 is 18.2 Å². The Kier molecular flexibility index (Phi) is 10.7. The zero-order valence-corrected chi connectivity index (χ0v) is 19.3. The first-order valence-electron chi connectivity index (χ1n) is 11.2. The van der Waals surface area contributed by atoms with E-state index in [0.717, 1.165) is 12.8 Å². The predicted octanol–water partition coefficient (Wildman–Crippen LogP) is 3.53. The number of hydrogen-bond donors (Lipinski definition) is 4. The van der Waals surface area contributed by atoms with Gasteiger partial charge in [-0.15, -0.1) is 0 Å². The fraction of sp³-hybridized carbons (Fsp3) is 0.375. The molecule has 1 aliphatic heterocycles.